The first-order chi connectivity index (χ1) is 20.8. The summed E-state index contributed by atoms with van der Waals surface area (Å²) in [6.07, 6.45) is 1.73. The maximum atomic E-state index is 14.3. The summed E-state index contributed by atoms with van der Waals surface area (Å²) < 4.78 is 25.0. The zero-order valence-corrected chi connectivity index (χ0v) is 26.0. The normalized spacial score (nSPS) is 16.4. The number of benzene rings is 1. The van der Waals surface area contributed by atoms with E-state index in [0.29, 0.717) is 44.7 Å². The second-order valence-electron chi connectivity index (χ2n) is 13.0. The van der Waals surface area contributed by atoms with Gasteiger partial charge in [-0.3, -0.25) is 19.6 Å². The summed E-state index contributed by atoms with van der Waals surface area (Å²) in [4.78, 5) is 46.1. The Bertz CT molecular complexity index is 1570. The van der Waals surface area contributed by atoms with Crippen LogP contribution in [0.4, 0.5) is 14.9 Å². The van der Waals surface area contributed by atoms with E-state index in [0.717, 1.165) is 23.0 Å². The number of pyridine rings is 1. The molecule has 2 aliphatic rings. The fraction of sp³-hybridized carbons (Fsp3) is 0.469. The zero-order chi connectivity index (χ0) is 31.8. The number of ether oxygens (including phenoxy) is 2. The van der Waals surface area contributed by atoms with Crippen LogP contribution in [0.2, 0.25) is 0 Å². The fourth-order valence-electron chi connectivity index (χ4n) is 5.66. The summed E-state index contributed by atoms with van der Waals surface area (Å²) in [5, 5.41) is 9.86. The van der Waals surface area contributed by atoms with Gasteiger partial charge in [-0.1, -0.05) is 26.0 Å². The number of hydrogen-bond acceptors (Lipinski definition) is 7. The van der Waals surface area contributed by atoms with E-state index >= 15 is 0 Å². The molecule has 12 heteroatoms. The molecule has 1 aromatic carbocycles. The van der Waals surface area contributed by atoms with Crippen LogP contribution >= 0.6 is 0 Å². The quantitative estimate of drug-likeness (QED) is 0.412. The number of aromatic nitrogens is 3. The highest BCUT2D eigenvalue weighted by molar-refractivity contribution is 5.94. The number of amides is 3. The van der Waals surface area contributed by atoms with Crippen LogP contribution < -0.4 is 15.0 Å². The molecule has 2 aromatic heterocycles. The van der Waals surface area contributed by atoms with Crippen LogP contribution in [-0.2, 0) is 21.5 Å². The lowest BCUT2D eigenvalue weighted by atomic mass is 9.86. The van der Waals surface area contributed by atoms with Crippen LogP contribution in [0.5, 0.6) is 5.88 Å². The van der Waals surface area contributed by atoms with E-state index in [1.807, 2.05) is 39.0 Å². The van der Waals surface area contributed by atoms with Crippen molar-refractivity contribution in [2.75, 3.05) is 31.6 Å². The first-order valence-electron chi connectivity index (χ1n) is 14.7. The molecule has 4 heterocycles. The average molecular weight is 607 g/mol. The Morgan fingerprint density at radius 1 is 1.14 bits per heavy atom. The number of aromatic amines is 1. The van der Waals surface area contributed by atoms with Gasteiger partial charge in [0.05, 0.1) is 24.7 Å². The smallest absolute Gasteiger partial charge is 0.414 e. The molecule has 3 aromatic rings. The summed E-state index contributed by atoms with van der Waals surface area (Å²) in [5.74, 6) is -0.883. The largest absolute Gasteiger partial charge is 0.481 e. The minimum absolute atomic E-state index is 0.0589. The number of nitrogens with one attached hydrogen (secondary N) is 2. The first kappa shape index (κ1) is 31.0. The molecule has 2 N–H and O–H groups in total. The molecule has 1 fully saturated rings. The van der Waals surface area contributed by atoms with Gasteiger partial charge in [-0.2, -0.15) is 5.10 Å². The number of rotatable bonds is 6. The van der Waals surface area contributed by atoms with Gasteiger partial charge >= 0.3 is 6.09 Å². The highest BCUT2D eigenvalue weighted by Crippen LogP contribution is 2.41. The summed E-state index contributed by atoms with van der Waals surface area (Å²) in [7, 11) is 1.44. The minimum atomic E-state index is -0.587. The van der Waals surface area contributed by atoms with E-state index in [2.05, 4.69) is 34.3 Å². The van der Waals surface area contributed by atoms with Crippen molar-refractivity contribution in [3.63, 3.8) is 0 Å². The number of carbonyl (C=O) groups is 3. The summed E-state index contributed by atoms with van der Waals surface area (Å²) >= 11 is 0. The molecule has 44 heavy (non-hydrogen) atoms. The van der Waals surface area contributed by atoms with Crippen molar-refractivity contribution in [2.45, 2.75) is 65.0 Å². The van der Waals surface area contributed by atoms with Crippen LogP contribution in [0.25, 0.3) is 11.3 Å². The maximum absolute atomic E-state index is 14.3. The van der Waals surface area contributed by atoms with Gasteiger partial charge in [0.15, 0.2) is 11.5 Å². The van der Waals surface area contributed by atoms with Gasteiger partial charge in [-0.05, 0) is 56.9 Å². The molecule has 0 bridgehead atoms. The molecular weight excluding hydrogens is 567 g/mol. The van der Waals surface area contributed by atoms with Crippen molar-refractivity contribution in [1.29, 1.82) is 0 Å². The van der Waals surface area contributed by atoms with Gasteiger partial charge in [-0.25, -0.2) is 14.2 Å². The van der Waals surface area contributed by atoms with Gasteiger partial charge in [0.2, 0.25) is 11.8 Å². The third-order valence-electron chi connectivity index (χ3n) is 7.99. The molecule has 234 valence electrons. The third kappa shape index (κ3) is 6.53. The monoisotopic (exact) mass is 606 g/mol. The molecule has 0 saturated carbocycles. The molecule has 2 aliphatic heterocycles. The Kier molecular flexibility index (Phi) is 8.37. The number of fused-ring (bicyclic) bond motifs is 1. The van der Waals surface area contributed by atoms with Crippen LogP contribution in [0.15, 0.2) is 36.5 Å². The predicted octanol–water partition coefficient (Wildman–Crippen LogP) is 4.82. The van der Waals surface area contributed by atoms with E-state index in [-0.39, 0.29) is 46.4 Å². The Balaban J connectivity index is 1.15. The van der Waals surface area contributed by atoms with Crippen LogP contribution in [0, 0.1) is 11.7 Å². The standard InChI is InChI=1S/C32H39FN6O5/c1-31(2,3)44-30(42)39-18-32(4,5)22-13-19(7-8-26(22)39)16-35-28(40)20-9-11-38(12-10-20)29(41)25-15-24(36-37-25)21-14-27(43-6)34-17-23(21)33/h7-8,13-15,17,20H,9-12,16,18H2,1-6H3,(H,35,40)(H,36,37). The third-order valence-corrected chi connectivity index (χ3v) is 7.99. The number of H-pyrrole nitrogens is 1. The number of hydrogen-bond donors (Lipinski definition) is 2. The molecule has 3 amide bonds. The van der Waals surface area contributed by atoms with E-state index < -0.39 is 11.4 Å². The maximum Gasteiger partial charge on any atom is 0.414 e. The number of likely N-dealkylation sites (tertiary alicyclic amines) is 1. The van der Waals surface area contributed by atoms with Gasteiger partial charge < -0.3 is 19.7 Å². The van der Waals surface area contributed by atoms with E-state index in [1.54, 1.807) is 9.80 Å². The minimum Gasteiger partial charge on any atom is -0.481 e. The van der Waals surface area contributed by atoms with Gasteiger partial charge in [0, 0.05) is 49.1 Å². The number of nitrogens with zero attached hydrogens (tertiary/aromatic N) is 4. The highest BCUT2D eigenvalue weighted by Gasteiger charge is 2.40. The number of piperidine rings is 1. The molecule has 1 saturated heterocycles. The van der Waals surface area contributed by atoms with Crippen LogP contribution in [-0.4, -0.2) is 70.3 Å². The lowest BCUT2D eigenvalue weighted by Crippen LogP contribution is -2.43. The van der Waals surface area contributed by atoms with E-state index in [4.69, 9.17) is 9.47 Å². The van der Waals surface area contributed by atoms with Crippen molar-refractivity contribution >= 4 is 23.6 Å². The SMILES string of the molecule is COc1cc(-c2cc(C(=O)N3CCC(C(=O)NCc4ccc5c(c4)C(C)(C)CN5C(=O)OC(C)(C)C)CC3)n[nH]2)c(F)cn1. The molecular formula is C32H39FN6O5. The van der Waals surface area contributed by atoms with Crippen LogP contribution in [0.3, 0.4) is 0 Å². The first-order valence-corrected chi connectivity index (χ1v) is 14.7. The Morgan fingerprint density at radius 2 is 1.86 bits per heavy atom. The number of anilines is 1. The van der Waals surface area contributed by atoms with Crippen molar-refractivity contribution in [3.8, 4) is 17.1 Å². The average Bonchev–Trinajstić information content (AvgIpc) is 3.57. The number of methoxy groups -OCH3 is 1. The second kappa shape index (κ2) is 11.9. The van der Waals surface area contributed by atoms with E-state index in [9.17, 15) is 18.8 Å². The van der Waals surface area contributed by atoms with Crippen molar-refractivity contribution in [1.82, 2.24) is 25.4 Å². The Labute approximate surface area is 256 Å². The molecule has 0 atom stereocenters. The van der Waals surface area contributed by atoms with Gasteiger partial charge in [0.1, 0.15) is 5.60 Å². The summed E-state index contributed by atoms with van der Waals surface area (Å²) in [6.45, 7) is 11.4. The summed E-state index contributed by atoms with van der Waals surface area (Å²) in [5.41, 5.74) is 2.67. The van der Waals surface area contributed by atoms with Gasteiger partial charge in [-0.15, -0.1) is 0 Å². The van der Waals surface area contributed by atoms with Crippen molar-refractivity contribution < 1.29 is 28.2 Å². The number of halogens is 1. The second-order valence-corrected chi connectivity index (χ2v) is 13.0. The lowest BCUT2D eigenvalue weighted by molar-refractivity contribution is -0.126. The highest BCUT2D eigenvalue weighted by atomic mass is 19.1. The fourth-order valence-corrected chi connectivity index (χ4v) is 5.66. The topological polar surface area (TPSA) is 130 Å². The van der Waals surface area contributed by atoms with Gasteiger partial charge in [0.25, 0.3) is 5.91 Å². The van der Waals surface area contributed by atoms with Crippen molar-refractivity contribution in [3.05, 3.63) is 59.2 Å². The molecule has 11 nitrogen and oxygen atoms in total. The molecule has 5 rings (SSSR count). The van der Waals surface area contributed by atoms with Crippen LogP contribution in [0.1, 0.15) is 69.1 Å². The van der Waals surface area contributed by atoms with E-state index in [1.165, 1.54) is 19.2 Å². The Morgan fingerprint density at radius 3 is 2.55 bits per heavy atom. The lowest BCUT2D eigenvalue weighted by Gasteiger charge is -2.30. The predicted molar refractivity (Wildman–Crippen MR) is 162 cm³/mol. The zero-order valence-electron chi connectivity index (χ0n) is 26.0. The molecule has 0 aliphatic carbocycles. The van der Waals surface area contributed by atoms with Crippen molar-refractivity contribution in [2.24, 2.45) is 5.92 Å². The number of carbonyl (C=O) groups excluding carboxylic acids is 3. The summed E-state index contributed by atoms with van der Waals surface area (Å²) in [6, 6.07) is 8.82. The molecule has 0 radical (unpaired) electrons. The molecule has 0 spiro atoms. The Hall–Kier alpha value is -4.48. The molecule has 0 unspecified atom stereocenters.